The summed E-state index contributed by atoms with van der Waals surface area (Å²) in [6, 6.07) is 1.82. The van der Waals surface area contributed by atoms with Gasteiger partial charge in [0.2, 0.25) is 5.95 Å². The van der Waals surface area contributed by atoms with Gasteiger partial charge >= 0.3 is 0 Å². The van der Waals surface area contributed by atoms with Crippen LogP contribution in [-0.2, 0) is 0 Å². The SMILES string of the molecule is CCN(CC)CCCN(CC)c1cc(NN)nc(N)n1. The number of nitrogen functional groups attached to an aromatic ring is 2. The predicted octanol–water partition coefficient (Wildman–Crippen LogP) is 0.903. The van der Waals surface area contributed by atoms with Crippen molar-refractivity contribution in [3.63, 3.8) is 0 Å². The zero-order valence-corrected chi connectivity index (χ0v) is 12.8. The summed E-state index contributed by atoms with van der Waals surface area (Å²) in [6.07, 6.45) is 1.09. The summed E-state index contributed by atoms with van der Waals surface area (Å²) in [5.74, 6) is 6.97. The molecule has 7 heteroatoms. The quantitative estimate of drug-likeness (QED) is 0.457. The number of nitrogens with one attached hydrogen (secondary N) is 1. The Balaban J connectivity index is 2.64. The van der Waals surface area contributed by atoms with E-state index in [0.717, 1.165) is 45.0 Å². The molecule has 0 saturated carbocycles. The fourth-order valence-corrected chi connectivity index (χ4v) is 2.15. The Morgan fingerprint density at radius 2 is 1.80 bits per heavy atom. The number of hydrogen-bond donors (Lipinski definition) is 3. The average molecular weight is 281 g/mol. The molecule has 0 bridgehead atoms. The normalized spacial score (nSPS) is 10.8. The van der Waals surface area contributed by atoms with Crippen molar-refractivity contribution in [2.45, 2.75) is 27.2 Å². The van der Waals surface area contributed by atoms with E-state index >= 15 is 0 Å². The van der Waals surface area contributed by atoms with Gasteiger partial charge in [0, 0.05) is 19.2 Å². The van der Waals surface area contributed by atoms with Crippen LogP contribution in [-0.4, -0.2) is 47.6 Å². The van der Waals surface area contributed by atoms with Crippen molar-refractivity contribution in [3.8, 4) is 0 Å². The van der Waals surface area contributed by atoms with Gasteiger partial charge in [0.25, 0.3) is 0 Å². The topological polar surface area (TPSA) is 96.3 Å². The van der Waals surface area contributed by atoms with E-state index in [-0.39, 0.29) is 5.95 Å². The van der Waals surface area contributed by atoms with Crippen LogP contribution in [0.5, 0.6) is 0 Å². The lowest BCUT2D eigenvalue weighted by atomic mass is 10.3. The summed E-state index contributed by atoms with van der Waals surface area (Å²) < 4.78 is 0. The van der Waals surface area contributed by atoms with E-state index in [1.54, 1.807) is 0 Å². The van der Waals surface area contributed by atoms with Crippen LogP contribution in [0.2, 0.25) is 0 Å². The Labute approximate surface area is 121 Å². The molecule has 5 N–H and O–H groups in total. The highest BCUT2D eigenvalue weighted by Crippen LogP contribution is 2.16. The molecule has 1 heterocycles. The first-order valence-corrected chi connectivity index (χ1v) is 7.23. The average Bonchev–Trinajstić information content (AvgIpc) is 2.47. The zero-order chi connectivity index (χ0) is 15.0. The molecule has 114 valence electrons. The third-order valence-corrected chi connectivity index (χ3v) is 3.38. The first-order chi connectivity index (χ1) is 9.64. The van der Waals surface area contributed by atoms with Crippen LogP contribution in [0.25, 0.3) is 0 Å². The Bertz CT molecular complexity index is 392. The highest BCUT2D eigenvalue weighted by atomic mass is 15.3. The van der Waals surface area contributed by atoms with E-state index in [1.807, 2.05) is 6.07 Å². The molecule has 1 rings (SSSR count). The lowest BCUT2D eigenvalue weighted by Gasteiger charge is -2.24. The molecular weight excluding hydrogens is 254 g/mol. The predicted molar refractivity (Wildman–Crippen MR) is 84.5 cm³/mol. The summed E-state index contributed by atoms with van der Waals surface area (Å²) >= 11 is 0. The van der Waals surface area contributed by atoms with Crippen LogP contribution >= 0.6 is 0 Å². The van der Waals surface area contributed by atoms with Gasteiger partial charge in [0.1, 0.15) is 11.6 Å². The second kappa shape index (κ2) is 8.55. The van der Waals surface area contributed by atoms with E-state index in [0.29, 0.717) is 5.82 Å². The molecule has 20 heavy (non-hydrogen) atoms. The molecule has 7 nitrogen and oxygen atoms in total. The van der Waals surface area contributed by atoms with Crippen molar-refractivity contribution in [3.05, 3.63) is 6.07 Å². The number of aromatic nitrogens is 2. The molecule has 0 aliphatic heterocycles. The van der Waals surface area contributed by atoms with Crippen molar-refractivity contribution in [2.75, 3.05) is 48.8 Å². The molecule has 0 saturated heterocycles. The summed E-state index contributed by atoms with van der Waals surface area (Å²) in [5, 5.41) is 0. The van der Waals surface area contributed by atoms with Crippen LogP contribution in [0.3, 0.4) is 0 Å². The Kier molecular flexibility index (Phi) is 7.03. The monoisotopic (exact) mass is 281 g/mol. The molecule has 0 fully saturated rings. The standard InChI is InChI=1S/C13H27N7/c1-4-19(5-2)8-7-9-20(6-3)12-10-11(18-15)16-13(14)17-12/h10H,4-9,15H2,1-3H3,(H3,14,16,17,18). The number of nitrogens with zero attached hydrogens (tertiary/aromatic N) is 4. The second-order valence-corrected chi connectivity index (χ2v) is 4.57. The van der Waals surface area contributed by atoms with Gasteiger partial charge in [-0.25, -0.2) is 5.84 Å². The summed E-state index contributed by atoms with van der Waals surface area (Å²) in [7, 11) is 0. The van der Waals surface area contributed by atoms with Crippen molar-refractivity contribution in [1.82, 2.24) is 14.9 Å². The maximum atomic E-state index is 5.69. The van der Waals surface area contributed by atoms with Gasteiger partial charge in [-0.2, -0.15) is 9.97 Å². The molecule has 0 amide bonds. The van der Waals surface area contributed by atoms with Crippen LogP contribution < -0.4 is 21.9 Å². The van der Waals surface area contributed by atoms with Gasteiger partial charge in [-0.3, -0.25) is 0 Å². The molecule has 0 radical (unpaired) electrons. The van der Waals surface area contributed by atoms with E-state index in [2.05, 4.69) is 46.0 Å². The maximum Gasteiger partial charge on any atom is 0.223 e. The van der Waals surface area contributed by atoms with Gasteiger partial charge in [0.05, 0.1) is 0 Å². The largest absolute Gasteiger partial charge is 0.368 e. The second-order valence-electron chi connectivity index (χ2n) is 4.57. The number of hydrazine groups is 1. The molecular formula is C13H27N7. The van der Waals surface area contributed by atoms with Gasteiger partial charge < -0.3 is 21.0 Å². The van der Waals surface area contributed by atoms with Gasteiger partial charge in [-0.15, -0.1) is 0 Å². The molecule has 0 unspecified atom stereocenters. The van der Waals surface area contributed by atoms with Crippen LogP contribution in [0.1, 0.15) is 27.2 Å². The number of rotatable bonds is 9. The number of hydrogen-bond acceptors (Lipinski definition) is 7. The lowest BCUT2D eigenvalue weighted by Crippen LogP contribution is -2.30. The maximum absolute atomic E-state index is 5.69. The van der Waals surface area contributed by atoms with Crippen LogP contribution in [0.15, 0.2) is 6.07 Å². The first kappa shape index (κ1) is 16.5. The fraction of sp³-hybridized carbons (Fsp3) is 0.692. The molecule has 0 aliphatic rings. The fourth-order valence-electron chi connectivity index (χ4n) is 2.15. The molecule has 0 aliphatic carbocycles. The molecule has 0 atom stereocenters. The molecule has 1 aromatic rings. The Morgan fingerprint density at radius 3 is 2.35 bits per heavy atom. The van der Waals surface area contributed by atoms with Gasteiger partial charge in [-0.1, -0.05) is 13.8 Å². The highest BCUT2D eigenvalue weighted by Gasteiger charge is 2.09. The van der Waals surface area contributed by atoms with E-state index < -0.39 is 0 Å². The van der Waals surface area contributed by atoms with Crippen molar-refractivity contribution in [2.24, 2.45) is 5.84 Å². The van der Waals surface area contributed by atoms with Gasteiger partial charge in [0.15, 0.2) is 0 Å². The van der Waals surface area contributed by atoms with Crippen LogP contribution in [0, 0.1) is 0 Å². The Morgan fingerprint density at radius 1 is 1.10 bits per heavy atom. The smallest absolute Gasteiger partial charge is 0.223 e. The summed E-state index contributed by atoms with van der Waals surface area (Å²) in [6.45, 7) is 11.6. The lowest BCUT2D eigenvalue weighted by molar-refractivity contribution is 0.300. The Hall–Kier alpha value is -1.60. The highest BCUT2D eigenvalue weighted by molar-refractivity contribution is 5.51. The zero-order valence-electron chi connectivity index (χ0n) is 12.8. The minimum absolute atomic E-state index is 0.234. The summed E-state index contributed by atoms with van der Waals surface area (Å²) in [4.78, 5) is 12.9. The van der Waals surface area contributed by atoms with Crippen molar-refractivity contribution < 1.29 is 0 Å². The van der Waals surface area contributed by atoms with Gasteiger partial charge in [-0.05, 0) is 33.0 Å². The van der Waals surface area contributed by atoms with Crippen LogP contribution in [0.4, 0.5) is 17.6 Å². The third kappa shape index (κ3) is 4.82. The minimum atomic E-state index is 0.234. The van der Waals surface area contributed by atoms with E-state index in [1.165, 1.54) is 0 Å². The molecule has 0 spiro atoms. The van der Waals surface area contributed by atoms with E-state index in [9.17, 15) is 0 Å². The third-order valence-electron chi connectivity index (χ3n) is 3.38. The van der Waals surface area contributed by atoms with E-state index in [4.69, 9.17) is 11.6 Å². The minimum Gasteiger partial charge on any atom is -0.368 e. The van der Waals surface area contributed by atoms with Crippen molar-refractivity contribution in [1.29, 1.82) is 0 Å². The van der Waals surface area contributed by atoms with Crippen molar-refractivity contribution >= 4 is 17.6 Å². The number of anilines is 3. The first-order valence-electron chi connectivity index (χ1n) is 7.23. The molecule has 1 aromatic heterocycles. The number of nitrogens with two attached hydrogens (primary N) is 2. The summed E-state index contributed by atoms with van der Waals surface area (Å²) in [5.41, 5.74) is 8.21. The molecule has 0 aromatic carbocycles.